The van der Waals surface area contributed by atoms with Crippen LogP contribution in [0.1, 0.15) is 10.4 Å². The summed E-state index contributed by atoms with van der Waals surface area (Å²) in [6.45, 7) is 0. The molecule has 0 fully saturated rings. The van der Waals surface area contributed by atoms with Crippen LogP contribution in [0, 0.1) is 3.57 Å². The molecule has 2 rings (SSSR count). The molecule has 0 aliphatic rings. The zero-order chi connectivity index (χ0) is 15.4. The van der Waals surface area contributed by atoms with Gasteiger partial charge in [-0.15, -0.1) is 0 Å². The molecule has 0 radical (unpaired) electrons. The largest absolute Gasteiger partial charge is 0.493 e. The number of nitrogens with one attached hydrogen (secondary N) is 1. The molecule has 0 aromatic heterocycles. The van der Waals surface area contributed by atoms with Crippen molar-refractivity contribution in [1.29, 1.82) is 0 Å². The molecule has 3 N–H and O–H groups in total. The van der Waals surface area contributed by atoms with Crippen molar-refractivity contribution in [1.82, 2.24) is 0 Å². The molecular formula is C15H15IN2O3. The Morgan fingerprint density at radius 3 is 2.43 bits per heavy atom. The minimum Gasteiger partial charge on any atom is -0.493 e. The molecule has 2 aromatic carbocycles. The Morgan fingerprint density at radius 1 is 1.14 bits per heavy atom. The van der Waals surface area contributed by atoms with Crippen LogP contribution in [0.5, 0.6) is 11.5 Å². The first-order valence-corrected chi connectivity index (χ1v) is 7.21. The van der Waals surface area contributed by atoms with Crippen LogP contribution >= 0.6 is 22.6 Å². The van der Waals surface area contributed by atoms with Crippen LogP contribution in [0.2, 0.25) is 0 Å². The highest BCUT2D eigenvalue weighted by atomic mass is 127. The Kier molecular flexibility index (Phi) is 4.89. The number of benzene rings is 2. The van der Waals surface area contributed by atoms with Crippen molar-refractivity contribution in [3.05, 3.63) is 45.5 Å². The first-order valence-electron chi connectivity index (χ1n) is 6.13. The van der Waals surface area contributed by atoms with Gasteiger partial charge < -0.3 is 20.5 Å². The van der Waals surface area contributed by atoms with E-state index >= 15 is 0 Å². The summed E-state index contributed by atoms with van der Waals surface area (Å²) in [6.07, 6.45) is 0. The first kappa shape index (κ1) is 15.4. The number of halogens is 1. The fourth-order valence-electron chi connectivity index (χ4n) is 1.86. The van der Waals surface area contributed by atoms with Gasteiger partial charge in [-0.3, -0.25) is 4.79 Å². The number of anilines is 2. The molecule has 0 aliphatic heterocycles. The van der Waals surface area contributed by atoms with Gasteiger partial charge in [0.1, 0.15) is 0 Å². The lowest BCUT2D eigenvalue weighted by atomic mass is 10.1. The van der Waals surface area contributed by atoms with Gasteiger partial charge in [-0.25, -0.2) is 0 Å². The number of nitrogens with two attached hydrogens (primary N) is 1. The molecular weight excluding hydrogens is 383 g/mol. The van der Waals surface area contributed by atoms with E-state index in [1.54, 1.807) is 12.1 Å². The van der Waals surface area contributed by atoms with E-state index in [1.165, 1.54) is 14.2 Å². The van der Waals surface area contributed by atoms with E-state index in [0.717, 1.165) is 3.57 Å². The predicted molar refractivity (Wildman–Crippen MR) is 91.1 cm³/mol. The van der Waals surface area contributed by atoms with E-state index < -0.39 is 0 Å². The Labute approximate surface area is 136 Å². The Hall–Kier alpha value is -1.96. The van der Waals surface area contributed by atoms with Crippen molar-refractivity contribution in [2.75, 3.05) is 25.3 Å². The summed E-state index contributed by atoms with van der Waals surface area (Å²) in [6, 6.07) is 10.6. The minimum absolute atomic E-state index is 0.296. The second-order valence-electron chi connectivity index (χ2n) is 4.26. The monoisotopic (exact) mass is 398 g/mol. The maximum atomic E-state index is 12.3. The van der Waals surface area contributed by atoms with Gasteiger partial charge in [0.05, 0.1) is 19.8 Å². The smallest absolute Gasteiger partial charge is 0.257 e. The molecule has 6 heteroatoms. The molecule has 0 spiro atoms. The van der Waals surface area contributed by atoms with Crippen LogP contribution in [0.25, 0.3) is 0 Å². The highest BCUT2D eigenvalue weighted by Gasteiger charge is 2.15. The SMILES string of the molecule is COc1cc(N)c(C(=O)Nc2cccc(I)c2)cc1OC. The van der Waals surface area contributed by atoms with E-state index in [-0.39, 0.29) is 5.91 Å². The van der Waals surface area contributed by atoms with Crippen LogP contribution in [0.4, 0.5) is 11.4 Å². The van der Waals surface area contributed by atoms with Gasteiger partial charge in [0.2, 0.25) is 0 Å². The van der Waals surface area contributed by atoms with Crippen LogP contribution < -0.4 is 20.5 Å². The topological polar surface area (TPSA) is 73.6 Å². The number of methoxy groups -OCH3 is 2. The third-order valence-electron chi connectivity index (χ3n) is 2.88. The standard InChI is InChI=1S/C15H15IN2O3/c1-20-13-7-11(12(17)8-14(13)21-2)15(19)18-10-5-3-4-9(16)6-10/h3-8H,17H2,1-2H3,(H,18,19). The van der Waals surface area contributed by atoms with Crippen molar-refractivity contribution >= 4 is 39.9 Å². The van der Waals surface area contributed by atoms with Gasteiger partial charge in [0.25, 0.3) is 5.91 Å². The van der Waals surface area contributed by atoms with Crippen molar-refractivity contribution in [2.45, 2.75) is 0 Å². The number of hydrogen-bond donors (Lipinski definition) is 2. The number of carbonyl (C=O) groups is 1. The summed E-state index contributed by atoms with van der Waals surface area (Å²) < 4.78 is 11.4. The molecule has 110 valence electrons. The third kappa shape index (κ3) is 3.57. The Bertz CT molecular complexity index is 674. The summed E-state index contributed by atoms with van der Waals surface area (Å²) >= 11 is 2.18. The lowest BCUT2D eigenvalue weighted by Crippen LogP contribution is -2.14. The van der Waals surface area contributed by atoms with Crippen LogP contribution in [-0.2, 0) is 0 Å². The second kappa shape index (κ2) is 6.66. The van der Waals surface area contributed by atoms with Gasteiger partial charge in [0.15, 0.2) is 11.5 Å². The lowest BCUT2D eigenvalue weighted by Gasteiger charge is -2.12. The highest BCUT2D eigenvalue weighted by Crippen LogP contribution is 2.32. The fraction of sp³-hybridized carbons (Fsp3) is 0.133. The van der Waals surface area contributed by atoms with Crippen molar-refractivity contribution < 1.29 is 14.3 Å². The number of ether oxygens (including phenoxy) is 2. The van der Waals surface area contributed by atoms with Crippen LogP contribution in [0.3, 0.4) is 0 Å². The summed E-state index contributed by atoms with van der Waals surface area (Å²) in [4.78, 5) is 12.3. The molecule has 0 unspecified atom stereocenters. The average molecular weight is 398 g/mol. The molecule has 2 aromatic rings. The third-order valence-corrected chi connectivity index (χ3v) is 3.55. The second-order valence-corrected chi connectivity index (χ2v) is 5.50. The molecule has 0 heterocycles. The first-order chi connectivity index (χ1) is 10.0. The molecule has 0 bridgehead atoms. The van der Waals surface area contributed by atoms with Crippen molar-refractivity contribution in [3.8, 4) is 11.5 Å². The molecule has 21 heavy (non-hydrogen) atoms. The molecule has 1 amide bonds. The van der Waals surface area contributed by atoms with Gasteiger partial charge in [-0.2, -0.15) is 0 Å². The van der Waals surface area contributed by atoms with E-state index in [0.29, 0.717) is 28.4 Å². The summed E-state index contributed by atoms with van der Waals surface area (Å²) in [7, 11) is 3.03. The Balaban J connectivity index is 2.31. The van der Waals surface area contributed by atoms with Gasteiger partial charge in [-0.05, 0) is 46.9 Å². The highest BCUT2D eigenvalue weighted by molar-refractivity contribution is 14.1. The number of amides is 1. The van der Waals surface area contributed by atoms with Gasteiger partial charge >= 0.3 is 0 Å². The number of nitrogen functional groups attached to an aromatic ring is 1. The summed E-state index contributed by atoms with van der Waals surface area (Å²) in [5.41, 5.74) is 7.29. The minimum atomic E-state index is -0.296. The number of hydrogen-bond acceptors (Lipinski definition) is 4. The molecule has 0 saturated carbocycles. The summed E-state index contributed by atoms with van der Waals surface area (Å²) in [5, 5.41) is 2.81. The average Bonchev–Trinajstić information content (AvgIpc) is 2.46. The summed E-state index contributed by atoms with van der Waals surface area (Å²) in [5.74, 6) is 0.649. The lowest BCUT2D eigenvalue weighted by molar-refractivity contribution is 0.102. The molecule has 0 saturated heterocycles. The molecule has 0 atom stereocenters. The van der Waals surface area contributed by atoms with Crippen LogP contribution in [0.15, 0.2) is 36.4 Å². The quantitative estimate of drug-likeness (QED) is 0.613. The number of carbonyl (C=O) groups excluding carboxylic acids is 1. The number of rotatable bonds is 4. The van der Waals surface area contributed by atoms with E-state index in [1.807, 2.05) is 24.3 Å². The predicted octanol–water partition coefficient (Wildman–Crippen LogP) is 3.14. The zero-order valence-electron chi connectivity index (χ0n) is 11.6. The van der Waals surface area contributed by atoms with E-state index in [4.69, 9.17) is 15.2 Å². The van der Waals surface area contributed by atoms with Gasteiger partial charge in [-0.1, -0.05) is 6.07 Å². The van der Waals surface area contributed by atoms with Gasteiger partial charge in [0, 0.05) is 21.0 Å². The normalized spacial score (nSPS) is 10.0. The fourth-order valence-corrected chi connectivity index (χ4v) is 2.40. The Morgan fingerprint density at radius 2 is 1.81 bits per heavy atom. The van der Waals surface area contributed by atoms with E-state index in [2.05, 4.69) is 27.9 Å². The zero-order valence-corrected chi connectivity index (χ0v) is 13.8. The van der Waals surface area contributed by atoms with Crippen molar-refractivity contribution in [3.63, 3.8) is 0 Å². The van der Waals surface area contributed by atoms with Crippen LogP contribution in [-0.4, -0.2) is 20.1 Å². The van der Waals surface area contributed by atoms with Crippen molar-refractivity contribution in [2.24, 2.45) is 0 Å². The maximum absolute atomic E-state index is 12.3. The molecule has 5 nitrogen and oxygen atoms in total. The maximum Gasteiger partial charge on any atom is 0.257 e. The molecule has 0 aliphatic carbocycles. The van der Waals surface area contributed by atoms with E-state index in [9.17, 15) is 4.79 Å².